The normalized spacial score (nSPS) is 20.5. The van der Waals surface area contributed by atoms with Gasteiger partial charge in [0.05, 0.1) is 11.7 Å². The molecule has 0 bridgehead atoms. The monoisotopic (exact) mass is 542 g/mol. The van der Waals surface area contributed by atoms with E-state index in [9.17, 15) is 14.4 Å². The van der Waals surface area contributed by atoms with Crippen molar-refractivity contribution in [1.82, 2.24) is 10.2 Å². The van der Waals surface area contributed by atoms with E-state index in [0.29, 0.717) is 5.75 Å². The summed E-state index contributed by atoms with van der Waals surface area (Å²) in [6.45, 7) is 5.05. The van der Waals surface area contributed by atoms with E-state index in [2.05, 4.69) is 0 Å². The van der Waals surface area contributed by atoms with Gasteiger partial charge in [-0.15, -0.1) is 0 Å². The number of nitrogens with one attached hydrogen (secondary N) is 1. The van der Waals surface area contributed by atoms with Gasteiger partial charge in [0.1, 0.15) is 5.75 Å². The van der Waals surface area contributed by atoms with Crippen molar-refractivity contribution >= 4 is 17.6 Å². The number of rotatable bonds is 8. The number of carbonyl (C=O) groups is 3. The van der Waals surface area contributed by atoms with Crippen molar-refractivity contribution in [3.8, 4) is 5.75 Å². The predicted octanol–water partition coefficient (Wildman–Crippen LogP) is 6.08. The number of Topliss-reactive ketones (excluding diaryl/α,β-unsaturated/α-hetero) is 1. The maximum absolute atomic E-state index is 15.1. The number of ketones is 1. The van der Waals surface area contributed by atoms with Gasteiger partial charge in [-0.25, -0.2) is 0 Å². The fourth-order valence-corrected chi connectivity index (χ4v) is 5.43. The molecular weight excluding hydrogens is 509 g/mol. The van der Waals surface area contributed by atoms with E-state index in [1.807, 2.05) is 19.2 Å². The quantitative estimate of drug-likeness (QED) is 0.410. The number of ether oxygens (including phenoxy) is 1. The summed E-state index contributed by atoms with van der Waals surface area (Å²) in [6, 6.07) is 13.1. The third-order valence-electron chi connectivity index (χ3n) is 7.35. The van der Waals surface area contributed by atoms with Crippen molar-refractivity contribution in [3.05, 3.63) is 77.0 Å². The van der Waals surface area contributed by atoms with E-state index in [1.54, 1.807) is 6.07 Å². The highest BCUT2D eigenvalue weighted by Crippen LogP contribution is 2.46. The number of hydrogen-bond acceptors (Lipinski definition) is 4. The number of amides is 2. The first-order valence-electron chi connectivity index (χ1n) is 13.2. The number of alkyl halides is 3. The van der Waals surface area contributed by atoms with Crippen LogP contribution in [0.15, 0.2) is 65.9 Å². The first-order valence-corrected chi connectivity index (χ1v) is 13.2. The van der Waals surface area contributed by atoms with Crippen LogP contribution in [0.25, 0.3) is 0 Å². The van der Waals surface area contributed by atoms with E-state index in [0.717, 1.165) is 37.0 Å². The average molecular weight is 543 g/mol. The van der Waals surface area contributed by atoms with Crippen LogP contribution in [0.1, 0.15) is 73.6 Å². The van der Waals surface area contributed by atoms with Crippen molar-refractivity contribution in [2.75, 3.05) is 6.54 Å². The van der Waals surface area contributed by atoms with Gasteiger partial charge in [-0.05, 0) is 63.8 Å². The maximum atomic E-state index is 15.1. The summed E-state index contributed by atoms with van der Waals surface area (Å²) in [5.74, 6) is -2.98. The van der Waals surface area contributed by atoms with Crippen molar-refractivity contribution in [1.29, 1.82) is 0 Å². The number of hydrogen-bond donors (Lipinski definition) is 1. The Hall–Kier alpha value is -3.62. The van der Waals surface area contributed by atoms with Crippen molar-refractivity contribution in [2.24, 2.45) is 5.92 Å². The first kappa shape index (κ1) is 28.4. The fourth-order valence-electron chi connectivity index (χ4n) is 5.43. The van der Waals surface area contributed by atoms with Gasteiger partial charge in [0.15, 0.2) is 5.78 Å². The Bertz CT molecular complexity index is 1250. The summed E-state index contributed by atoms with van der Waals surface area (Å²) >= 11 is 0. The van der Waals surface area contributed by atoms with Gasteiger partial charge >= 0.3 is 6.18 Å². The second-order valence-electron chi connectivity index (χ2n) is 10.5. The third-order valence-corrected chi connectivity index (χ3v) is 7.35. The van der Waals surface area contributed by atoms with Gasteiger partial charge in [-0.1, -0.05) is 49.6 Å². The number of nitrogens with zero attached hydrogens (tertiary/aromatic N) is 1. The van der Waals surface area contributed by atoms with E-state index in [4.69, 9.17) is 4.74 Å². The lowest BCUT2D eigenvalue weighted by Crippen LogP contribution is -2.66. The highest BCUT2D eigenvalue weighted by atomic mass is 19.4. The maximum Gasteiger partial charge on any atom is 0.425 e. The minimum atomic E-state index is -5.29. The third kappa shape index (κ3) is 5.58. The van der Waals surface area contributed by atoms with Crippen LogP contribution in [0.3, 0.4) is 0 Å². The molecule has 1 fully saturated rings. The number of halogens is 3. The lowest BCUT2D eigenvalue weighted by Gasteiger charge is -2.34. The molecule has 6 nitrogen and oxygen atoms in total. The van der Waals surface area contributed by atoms with E-state index >= 15 is 13.2 Å². The van der Waals surface area contributed by atoms with Crippen LogP contribution in [0.5, 0.6) is 5.75 Å². The van der Waals surface area contributed by atoms with Crippen LogP contribution in [0.2, 0.25) is 0 Å². The molecule has 2 aliphatic rings. The Balaban J connectivity index is 1.78. The molecule has 2 amide bonds. The topological polar surface area (TPSA) is 75.7 Å². The summed E-state index contributed by atoms with van der Waals surface area (Å²) in [4.78, 5) is 41.8. The van der Waals surface area contributed by atoms with Crippen molar-refractivity contribution < 1.29 is 32.3 Å². The lowest BCUT2D eigenvalue weighted by atomic mass is 9.84. The highest BCUT2D eigenvalue weighted by Gasteiger charge is 2.70. The molecule has 208 valence electrons. The van der Waals surface area contributed by atoms with E-state index in [-0.39, 0.29) is 35.4 Å². The summed E-state index contributed by atoms with van der Waals surface area (Å²) in [5.41, 5.74) is -4.48. The molecule has 1 saturated carbocycles. The predicted molar refractivity (Wildman–Crippen MR) is 140 cm³/mol. The van der Waals surface area contributed by atoms with Gasteiger partial charge in [0.25, 0.3) is 11.8 Å². The second kappa shape index (κ2) is 11.2. The number of carbonyl (C=O) groups excluding carboxylic acids is 3. The summed E-state index contributed by atoms with van der Waals surface area (Å²) in [5, 5.41) is 1.98. The van der Waals surface area contributed by atoms with Crippen molar-refractivity contribution in [3.63, 3.8) is 0 Å². The van der Waals surface area contributed by atoms with Crippen LogP contribution in [0, 0.1) is 5.92 Å². The first-order chi connectivity index (χ1) is 18.5. The minimum absolute atomic E-state index is 0.00257. The van der Waals surface area contributed by atoms with Gasteiger partial charge in [-0.3, -0.25) is 14.4 Å². The SMILES string of the molecule is CC1=C(C(=O)c2ccccc2)[C@](NC(=O)c2ccc(OC(C)C)cc2)(C(F)(F)F)C(=O)N1CC1CCCCC1. The summed E-state index contributed by atoms with van der Waals surface area (Å²) in [7, 11) is 0. The molecule has 9 heteroatoms. The Morgan fingerprint density at radius 1 is 1.00 bits per heavy atom. The zero-order valence-electron chi connectivity index (χ0n) is 22.3. The zero-order chi connectivity index (χ0) is 28.4. The van der Waals surface area contributed by atoms with Gasteiger partial charge < -0.3 is 15.0 Å². The van der Waals surface area contributed by atoms with E-state index in [1.165, 1.54) is 55.5 Å². The van der Waals surface area contributed by atoms with Crippen molar-refractivity contribution in [2.45, 2.75) is 70.7 Å². The molecular formula is C30H33F3N2O4. The van der Waals surface area contributed by atoms with Crippen LogP contribution in [-0.2, 0) is 4.79 Å². The minimum Gasteiger partial charge on any atom is -0.491 e. The molecule has 0 saturated heterocycles. The Labute approximate surface area is 226 Å². The Morgan fingerprint density at radius 3 is 2.18 bits per heavy atom. The number of benzene rings is 2. The molecule has 1 aliphatic heterocycles. The fraction of sp³-hybridized carbons (Fsp3) is 0.433. The second-order valence-corrected chi connectivity index (χ2v) is 10.5. The average Bonchev–Trinajstić information content (AvgIpc) is 3.11. The van der Waals surface area contributed by atoms with Gasteiger partial charge in [0.2, 0.25) is 5.54 Å². The van der Waals surface area contributed by atoms with Gasteiger partial charge in [0, 0.05) is 23.4 Å². The lowest BCUT2D eigenvalue weighted by molar-refractivity contribution is -0.189. The van der Waals surface area contributed by atoms with Crippen LogP contribution in [-0.4, -0.2) is 46.9 Å². The Kier molecular flexibility index (Phi) is 8.18. The standard InChI is InChI=1S/C30H33F3N2O4/c1-19(2)39-24-16-14-23(15-17-24)27(37)34-29(30(31,32)33)25(26(36)22-12-8-5-9-13-22)20(3)35(28(29)38)18-21-10-6-4-7-11-21/h5,8-9,12-17,19,21H,4,6-7,10-11,18H2,1-3H3,(H,34,37)/t29-/m1/s1. The molecule has 1 heterocycles. The molecule has 2 aromatic rings. The van der Waals surface area contributed by atoms with Crippen LogP contribution >= 0.6 is 0 Å². The molecule has 0 unspecified atom stereocenters. The molecule has 1 atom stereocenters. The van der Waals surface area contributed by atoms with Gasteiger partial charge in [-0.2, -0.15) is 13.2 Å². The molecule has 1 N–H and O–H groups in total. The molecule has 0 radical (unpaired) electrons. The number of allylic oxidation sites excluding steroid dienone is 1. The van der Waals surface area contributed by atoms with E-state index < -0.39 is 34.9 Å². The summed E-state index contributed by atoms with van der Waals surface area (Å²) < 4.78 is 50.9. The molecule has 4 rings (SSSR count). The molecule has 1 aliphatic carbocycles. The largest absolute Gasteiger partial charge is 0.491 e. The van der Waals surface area contributed by atoms with Crippen LogP contribution < -0.4 is 10.1 Å². The molecule has 39 heavy (non-hydrogen) atoms. The van der Waals surface area contributed by atoms with Crippen LogP contribution in [0.4, 0.5) is 13.2 Å². The smallest absolute Gasteiger partial charge is 0.425 e. The Morgan fingerprint density at radius 2 is 1.62 bits per heavy atom. The summed E-state index contributed by atoms with van der Waals surface area (Å²) in [6.07, 6.45) is -0.941. The molecule has 0 aromatic heterocycles. The molecule has 2 aromatic carbocycles. The zero-order valence-corrected chi connectivity index (χ0v) is 22.3. The molecule has 0 spiro atoms. The highest BCUT2D eigenvalue weighted by molar-refractivity contribution is 6.19.